The van der Waals surface area contributed by atoms with Crippen molar-refractivity contribution in [3.8, 4) is 17.2 Å². The van der Waals surface area contributed by atoms with Gasteiger partial charge in [-0.25, -0.2) is 0 Å². The number of carbonyl (C=O) groups excluding carboxylic acids is 2. The number of para-hydroxylation sites is 1. The number of hydrogen-bond acceptors (Lipinski definition) is 8. The zero-order valence-electron chi connectivity index (χ0n) is 27.1. The Hall–Kier alpha value is -3.96. The number of aliphatic hydroxyl groups is 1. The Bertz CT molecular complexity index is 1430. The SMILES string of the molecule is C[C@@H]1CN([C@@H](C)CO)C(=O)c2cc(NC(=O)CCN3CCOCC3)ccc2O[C@H]1CN(C)Cc1ccc(Oc2ccccc2)cc1. The van der Waals surface area contributed by atoms with E-state index in [1.807, 2.05) is 49.4 Å². The lowest BCUT2D eigenvalue weighted by atomic mass is 9.99. The first-order chi connectivity index (χ1) is 22.3. The van der Waals surface area contributed by atoms with Gasteiger partial charge in [-0.2, -0.15) is 0 Å². The maximum atomic E-state index is 13.8. The molecule has 2 amide bonds. The number of ether oxygens (including phenoxy) is 3. The summed E-state index contributed by atoms with van der Waals surface area (Å²) in [5.41, 5.74) is 2.06. The number of hydrogen-bond donors (Lipinski definition) is 2. The maximum Gasteiger partial charge on any atom is 0.258 e. The van der Waals surface area contributed by atoms with E-state index in [1.165, 1.54) is 0 Å². The average Bonchev–Trinajstić information content (AvgIpc) is 3.07. The average molecular weight is 631 g/mol. The van der Waals surface area contributed by atoms with Gasteiger partial charge in [0.25, 0.3) is 5.91 Å². The third-order valence-corrected chi connectivity index (χ3v) is 8.55. The second-order valence-electron chi connectivity index (χ2n) is 12.3. The molecule has 0 unspecified atom stereocenters. The number of likely N-dealkylation sites (N-methyl/N-ethyl adjacent to an activating group) is 1. The van der Waals surface area contributed by atoms with Crippen molar-refractivity contribution in [2.45, 2.75) is 39.0 Å². The third kappa shape index (κ3) is 9.07. The fraction of sp³-hybridized carbons (Fsp3) is 0.444. The third-order valence-electron chi connectivity index (χ3n) is 8.55. The highest BCUT2D eigenvalue weighted by atomic mass is 16.5. The van der Waals surface area contributed by atoms with Gasteiger partial charge in [-0.05, 0) is 62.0 Å². The summed E-state index contributed by atoms with van der Waals surface area (Å²) in [5, 5.41) is 13.0. The molecule has 2 N–H and O–H groups in total. The molecule has 0 spiro atoms. The Morgan fingerprint density at radius 3 is 2.50 bits per heavy atom. The van der Waals surface area contributed by atoms with Crippen LogP contribution >= 0.6 is 0 Å². The van der Waals surface area contributed by atoms with Crippen LogP contribution in [0.1, 0.15) is 36.2 Å². The number of carbonyl (C=O) groups is 2. The monoisotopic (exact) mass is 630 g/mol. The highest BCUT2D eigenvalue weighted by Gasteiger charge is 2.33. The minimum absolute atomic E-state index is 0.00485. The van der Waals surface area contributed by atoms with Gasteiger partial charge in [0, 0.05) is 57.3 Å². The van der Waals surface area contributed by atoms with E-state index >= 15 is 0 Å². The number of amides is 2. The molecule has 0 saturated carbocycles. The van der Waals surface area contributed by atoms with E-state index in [1.54, 1.807) is 23.1 Å². The number of aliphatic hydroxyl groups excluding tert-OH is 1. The van der Waals surface area contributed by atoms with Gasteiger partial charge in [0.05, 0.1) is 31.4 Å². The van der Waals surface area contributed by atoms with Gasteiger partial charge >= 0.3 is 0 Å². The van der Waals surface area contributed by atoms with Crippen LogP contribution in [0, 0.1) is 5.92 Å². The molecule has 10 heteroatoms. The van der Waals surface area contributed by atoms with E-state index < -0.39 is 0 Å². The van der Waals surface area contributed by atoms with Crippen molar-refractivity contribution in [1.82, 2.24) is 14.7 Å². The number of morpholine rings is 1. The van der Waals surface area contributed by atoms with E-state index in [0.717, 1.165) is 30.2 Å². The second-order valence-corrected chi connectivity index (χ2v) is 12.3. The first-order valence-corrected chi connectivity index (χ1v) is 16.1. The van der Waals surface area contributed by atoms with Gasteiger partial charge in [-0.3, -0.25) is 19.4 Å². The topological polar surface area (TPSA) is 104 Å². The summed E-state index contributed by atoms with van der Waals surface area (Å²) in [6, 6.07) is 22.6. The number of benzene rings is 3. The zero-order valence-corrected chi connectivity index (χ0v) is 27.1. The molecule has 2 heterocycles. The van der Waals surface area contributed by atoms with Crippen molar-refractivity contribution in [3.05, 3.63) is 83.9 Å². The summed E-state index contributed by atoms with van der Waals surface area (Å²) >= 11 is 0. The number of rotatable bonds is 12. The molecule has 246 valence electrons. The first-order valence-electron chi connectivity index (χ1n) is 16.1. The van der Waals surface area contributed by atoms with Crippen molar-refractivity contribution >= 4 is 17.5 Å². The summed E-state index contributed by atoms with van der Waals surface area (Å²) < 4.78 is 17.9. The van der Waals surface area contributed by atoms with Crippen LogP contribution in [0.4, 0.5) is 5.69 Å². The predicted octanol–water partition coefficient (Wildman–Crippen LogP) is 4.49. The van der Waals surface area contributed by atoms with E-state index in [2.05, 4.69) is 41.2 Å². The zero-order chi connectivity index (χ0) is 32.5. The van der Waals surface area contributed by atoms with Gasteiger partial charge in [-0.15, -0.1) is 0 Å². The van der Waals surface area contributed by atoms with Crippen LogP contribution in [-0.4, -0.2) is 103 Å². The van der Waals surface area contributed by atoms with Crippen molar-refractivity contribution in [1.29, 1.82) is 0 Å². The van der Waals surface area contributed by atoms with Crippen LogP contribution in [0.3, 0.4) is 0 Å². The Balaban J connectivity index is 1.26. The molecule has 3 atom stereocenters. The van der Waals surface area contributed by atoms with Crippen LogP contribution in [0.2, 0.25) is 0 Å². The molecule has 5 rings (SSSR count). The number of anilines is 1. The van der Waals surface area contributed by atoms with E-state index in [9.17, 15) is 14.7 Å². The highest BCUT2D eigenvalue weighted by Crippen LogP contribution is 2.31. The van der Waals surface area contributed by atoms with Crippen LogP contribution in [0.25, 0.3) is 0 Å². The van der Waals surface area contributed by atoms with E-state index in [-0.39, 0.29) is 36.5 Å². The number of nitrogens with zero attached hydrogens (tertiary/aromatic N) is 3. The molecule has 0 aromatic heterocycles. The van der Waals surface area contributed by atoms with Crippen molar-refractivity contribution in [3.63, 3.8) is 0 Å². The summed E-state index contributed by atoms with van der Waals surface area (Å²) in [5.74, 6) is 1.70. The Morgan fingerprint density at radius 2 is 1.78 bits per heavy atom. The Labute approximate surface area is 271 Å². The molecular weight excluding hydrogens is 584 g/mol. The molecule has 0 aliphatic carbocycles. The van der Waals surface area contributed by atoms with Crippen molar-refractivity contribution in [2.24, 2.45) is 5.92 Å². The fourth-order valence-corrected chi connectivity index (χ4v) is 5.80. The molecule has 10 nitrogen and oxygen atoms in total. The summed E-state index contributed by atoms with van der Waals surface area (Å²) in [6.07, 6.45) is 0.129. The van der Waals surface area contributed by atoms with Gasteiger partial charge in [0.1, 0.15) is 23.4 Å². The maximum absolute atomic E-state index is 13.8. The minimum Gasteiger partial charge on any atom is -0.488 e. The molecule has 2 aliphatic rings. The molecule has 3 aromatic rings. The Morgan fingerprint density at radius 1 is 1.07 bits per heavy atom. The van der Waals surface area contributed by atoms with Crippen molar-refractivity contribution in [2.75, 3.05) is 64.9 Å². The quantitative estimate of drug-likeness (QED) is 0.302. The van der Waals surface area contributed by atoms with Gasteiger partial charge in [-0.1, -0.05) is 37.3 Å². The van der Waals surface area contributed by atoms with E-state index in [4.69, 9.17) is 14.2 Å². The normalized spacial score (nSPS) is 19.5. The minimum atomic E-state index is -0.373. The van der Waals surface area contributed by atoms with Crippen LogP contribution < -0.4 is 14.8 Å². The van der Waals surface area contributed by atoms with Crippen LogP contribution in [0.5, 0.6) is 17.2 Å². The van der Waals surface area contributed by atoms with Gasteiger partial charge in [0.15, 0.2) is 0 Å². The largest absolute Gasteiger partial charge is 0.488 e. The van der Waals surface area contributed by atoms with Gasteiger partial charge < -0.3 is 29.5 Å². The fourth-order valence-electron chi connectivity index (χ4n) is 5.80. The first kappa shape index (κ1) is 33.4. The second kappa shape index (κ2) is 16.0. The summed E-state index contributed by atoms with van der Waals surface area (Å²) in [6.45, 7) is 9.19. The number of fused-ring (bicyclic) bond motifs is 1. The van der Waals surface area contributed by atoms with Crippen LogP contribution in [0.15, 0.2) is 72.8 Å². The molecule has 0 bridgehead atoms. The van der Waals surface area contributed by atoms with Crippen molar-refractivity contribution < 1.29 is 28.9 Å². The highest BCUT2D eigenvalue weighted by molar-refractivity contribution is 6.00. The van der Waals surface area contributed by atoms with E-state index in [0.29, 0.717) is 62.8 Å². The van der Waals surface area contributed by atoms with Gasteiger partial charge in [0.2, 0.25) is 5.91 Å². The molecular formula is C36H46N4O6. The molecule has 1 saturated heterocycles. The molecule has 3 aromatic carbocycles. The molecule has 2 aliphatic heterocycles. The number of nitrogens with one attached hydrogen (secondary N) is 1. The van der Waals surface area contributed by atoms with Crippen LogP contribution in [-0.2, 0) is 16.1 Å². The lowest BCUT2D eigenvalue weighted by Gasteiger charge is -2.38. The summed E-state index contributed by atoms with van der Waals surface area (Å²) in [4.78, 5) is 32.7. The molecule has 0 radical (unpaired) electrons. The molecule has 1 fully saturated rings. The lowest BCUT2D eigenvalue weighted by molar-refractivity contribution is -0.116. The standard InChI is InChI=1S/C36H46N4O6/c1-26-22-40(27(2)25-41)36(43)32-21-29(37-35(42)15-16-39-17-19-44-20-18-39)11-14-33(32)46-34(26)24-38(3)23-28-9-12-31(13-10-28)45-30-7-5-4-6-8-30/h4-14,21,26-27,34,41H,15-20,22-25H2,1-3H3,(H,37,42)/t26-,27+,34+/m1/s1. The predicted molar refractivity (Wildman–Crippen MR) is 177 cm³/mol. The molecule has 46 heavy (non-hydrogen) atoms. The smallest absolute Gasteiger partial charge is 0.258 e. The lowest BCUT2D eigenvalue weighted by Crippen LogP contribution is -2.49. The summed E-state index contributed by atoms with van der Waals surface area (Å²) in [7, 11) is 2.05. The Kier molecular flexibility index (Phi) is 11.7.